The number of amides is 1. The van der Waals surface area contributed by atoms with Crippen LogP contribution in [0.1, 0.15) is 25.7 Å². The molecule has 1 saturated heterocycles. The maximum atomic E-state index is 12.0. The van der Waals surface area contributed by atoms with Crippen LogP contribution in [0.5, 0.6) is 0 Å². The van der Waals surface area contributed by atoms with Crippen LogP contribution in [0.3, 0.4) is 0 Å². The standard InChI is InChI=1S/C14H18N6O.ClH/c21-14(7-6-11-4-2-8-15-11)17-12-3-1-5-13(9-12)20-10-16-18-19-20;/h1,3,5,9-11,15H,2,4,6-8H2,(H,17,21);1H. The zero-order valence-corrected chi connectivity index (χ0v) is 12.9. The first-order valence-electron chi connectivity index (χ1n) is 7.18. The Hall–Kier alpha value is -1.99. The van der Waals surface area contributed by atoms with Crippen LogP contribution < -0.4 is 10.6 Å². The lowest BCUT2D eigenvalue weighted by molar-refractivity contribution is -0.116. The Morgan fingerprint density at radius 2 is 2.36 bits per heavy atom. The number of carbonyl (C=O) groups excluding carboxylic acids is 1. The van der Waals surface area contributed by atoms with Crippen molar-refractivity contribution < 1.29 is 4.79 Å². The second kappa shape index (κ2) is 7.86. The molecule has 2 heterocycles. The molecule has 0 saturated carbocycles. The van der Waals surface area contributed by atoms with E-state index in [0.29, 0.717) is 12.5 Å². The van der Waals surface area contributed by atoms with Gasteiger partial charge in [0, 0.05) is 18.2 Å². The summed E-state index contributed by atoms with van der Waals surface area (Å²) in [4.78, 5) is 12.0. The SMILES string of the molecule is Cl.O=C(CCC1CCCN1)Nc1cccc(-n2cnnn2)c1. The van der Waals surface area contributed by atoms with E-state index >= 15 is 0 Å². The fourth-order valence-corrected chi connectivity index (χ4v) is 2.54. The molecule has 1 aromatic heterocycles. The molecule has 1 aromatic carbocycles. The van der Waals surface area contributed by atoms with E-state index in [1.165, 1.54) is 19.2 Å². The molecular weight excluding hydrogens is 304 g/mol. The summed E-state index contributed by atoms with van der Waals surface area (Å²) in [6.45, 7) is 1.07. The highest BCUT2D eigenvalue weighted by Crippen LogP contribution is 2.15. The molecule has 0 bridgehead atoms. The molecule has 0 spiro atoms. The van der Waals surface area contributed by atoms with Gasteiger partial charge < -0.3 is 10.6 Å². The highest BCUT2D eigenvalue weighted by molar-refractivity contribution is 5.90. The van der Waals surface area contributed by atoms with E-state index in [1.807, 2.05) is 24.3 Å². The first-order chi connectivity index (χ1) is 10.3. The van der Waals surface area contributed by atoms with Crippen LogP contribution in [0.2, 0.25) is 0 Å². The van der Waals surface area contributed by atoms with Gasteiger partial charge in [0.2, 0.25) is 5.91 Å². The number of nitrogens with one attached hydrogen (secondary N) is 2. The van der Waals surface area contributed by atoms with E-state index in [0.717, 1.165) is 24.3 Å². The molecule has 0 radical (unpaired) electrons. The first kappa shape index (κ1) is 16.4. The van der Waals surface area contributed by atoms with Gasteiger partial charge in [-0.1, -0.05) is 6.07 Å². The molecule has 1 aliphatic heterocycles. The third kappa shape index (κ3) is 4.25. The van der Waals surface area contributed by atoms with E-state index in [1.54, 1.807) is 4.68 Å². The first-order valence-corrected chi connectivity index (χ1v) is 7.18. The van der Waals surface area contributed by atoms with Crippen molar-refractivity contribution in [1.29, 1.82) is 0 Å². The van der Waals surface area contributed by atoms with Crippen molar-refractivity contribution in [2.24, 2.45) is 0 Å². The highest BCUT2D eigenvalue weighted by Gasteiger charge is 2.15. The Kier molecular flexibility index (Phi) is 5.85. The third-order valence-electron chi connectivity index (χ3n) is 3.63. The van der Waals surface area contributed by atoms with Crippen LogP contribution in [0, 0.1) is 0 Å². The van der Waals surface area contributed by atoms with Gasteiger partial charge in [0.1, 0.15) is 6.33 Å². The summed E-state index contributed by atoms with van der Waals surface area (Å²) in [6, 6.07) is 7.95. The molecule has 1 fully saturated rings. The summed E-state index contributed by atoms with van der Waals surface area (Å²) in [5, 5.41) is 17.3. The molecular formula is C14H19ClN6O. The molecule has 2 aromatic rings. The van der Waals surface area contributed by atoms with Crippen LogP contribution in [0.4, 0.5) is 5.69 Å². The molecule has 7 nitrogen and oxygen atoms in total. The van der Waals surface area contributed by atoms with Crippen LogP contribution in [0.25, 0.3) is 5.69 Å². The lowest BCUT2D eigenvalue weighted by Gasteiger charge is -2.10. The molecule has 8 heteroatoms. The van der Waals surface area contributed by atoms with E-state index in [2.05, 4.69) is 26.2 Å². The van der Waals surface area contributed by atoms with Crippen molar-refractivity contribution in [2.75, 3.05) is 11.9 Å². The predicted molar refractivity (Wildman–Crippen MR) is 85.3 cm³/mol. The van der Waals surface area contributed by atoms with Gasteiger partial charge in [0.25, 0.3) is 0 Å². The van der Waals surface area contributed by atoms with Gasteiger partial charge in [-0.15, -0.1) is 17.5 Å². The quantitative estimate of drug-likeness (QED) is 0.872. The summed E-state index contributed by atoms with van der Waals surface area (Å²) < 4.78 is 1.55. The zero-order valence-electron chi connectivity index (χ0n) is 12.1. The van der Waals surface area contributed by atoms with Crippen molar-refractivity contribution in [2.45, 2.75) is 31.7 Å². The Labute approximate surface area is 134 Å². The predicted octanol–water partition coefficient (Wildman–Crippen LogP) is 1.55. The van der Waals surface area contributed by atoms with E-state index in [4.69, 9.17) is 0 Å². The lowest BCUT2D eigenvalue weighted by atomic mass is 10.1. The molecule has 1 aliphatic rings. The Morgan fingerprint density at radius 3 is 3.09 bits per heavy atom. The number of rotatable bonds is 5. The normalized spacial score (nSPS) is 17.0. The summed E-state index contributed by atoms with van der Waals surface area (Å²) in [5.41, 5.74) is 1.57. The smallest absolute Gasteiger partial charge is 0.224 e. The molecule has 3 rings (SSSR count). The van der Waals surface area contributed by atoms with Gasteiger partial charge in [0.05, 0.1) is 5.69 Å². The largest absolute Gasteiger partial charge is 0.326 e. The van der Waals surface area contributed by atoms with Gasteiger partial charge in [0.15, 0.2) is 0 Å². The number of benzene rings is 1. The fourth-order valence-electron chi connectivity index (χ4n) is 2.54. The molecule has 1 atom stereocenters. The Balaban J connectivity index is 0.00000176. The van der Waals surface area contributed by atoms with Crippen LogP contribution in [0.15, 0.2) is 30.6 Å². The van der Waals surface area contributed by atoms with E-state index in [-0.39, 0.29) is 18.3 Å². The number of aromatic nitrogens is 4. The van der Waals surface area contributed by atoms with Crippen molar-refractivity contribution in [3.63, 3.8) is 0 Å². The van der Waals surface area contributed by atoms with Crippen molar-refractivity contribution in [1.82, 2.24) is 25.5 Å². The van der Waals surface area contributed by atoms with Crippen LogP contribution in [-0.4, -0.2) is 38.7 Å². The number of anilines is 1. The molecule has 22 heavy (non-hydrogen) atoms. The minimum atomic E-state index is 0. The summed E-state index contributed by atoms with van der Waals surface area (Å²) in [6.07, 6.45) is 5.32. The average Bonchev–Trinajstić information content (AvgIpc) is 3.19. The Morgan fingerprint density at radius 1 is 1.45 bits per heavy atom. The maximum absolute atomic E-state index is 12.0. The third-order valence-corrected chi connectivity index (χ3v) is 3.63. The number of hydrogen-bond acceptors (Lipinski definition) is 5. The number of nitrogens with zero attached hydrogens (tertiary/aromatic N) is 4. The van der Waals surface area contributed by atoms with Crippen LogP contribution in [-0.2, 0) is 4.79 Å². The maximum Gasteiger partial charge on any atom is 0.224 e. The summed E-state index contributed by atoms with van der Waals surface area (Å²) >= 11 is 0. The van der Waals surface area contributed by atoms with Gasteiger partial charge in [-0.2, -0.15) is 0 Å². The fraction of sp³-hybridized carbons (Fsp3) is 0.429. The summed E-state index contributed by atoms with van der Waals surface area (Å²) in [5.74, 6) is 0.0394. The van der Waals surface area contributed by atoms with E-state index in [9.17, 15) is 4.79 Å². The van der Waals surface area contributed by atoms with Crippen molar-refractivity contribution in [3.05, 3.63) is 30.6 Å². The molecule has 118 valence electrons. The number of hydrogen-bond donors (Lipinski definition) is 2. The molecule has 0 aliphatic carbocycles. The number of tetrazole rings is 1. The molecule has 2 N–H and O–H groups in total. The second-order valence-corrected chi connectivity index (χ2v) is 5.18. The number of halogens is 1. The monoisotopic (exact) mass is 322 g/mol. The van der Waals surface area contributed by atoms with Gasteiger partial charge in [-0.3, -0.25) is 4.79 Å². The zero-order chi connectivity index (χ0) is 14.5. The topological polar surface area (TPSA) is 84.7 Å². The summed E-state index contributed by atoms with van der Waals surface area (Å²) in [7, 11) is 0. The lowest BCUT2D eigenvalue weighted by Crippen LogP contribution is -2.23. The van der Waals surface area contributed by atoms with E-state index < -0.39 is 0 Å². The van der Waals surface area contributed by atoms with Gasteiger partial charge in [-0.05, 0) is 54.4 Å². The van der Waals surface area contributed by atoms with Crippen molar-refractivity contribution in [3.8, 4) is 5.69 Å². The molecule has 1 amide bonds. The number of carbonyl (C=O) groups is 1. The highest BCUT2D eigenvalue weighted by atomic mass is 35.5. The minimum Gasteiger partial charge on any atom is -0.326 e. The van der Waals surface area contributed by atoms with Crippen LogP contribution >= 0.6 is 12.4 Å². The minimum absolute atomic E-state index is 0. The Bertz CT molecular complexity index is 597. The van der Waals surface area contributed by atoms with Gasteiger partial charge in [-0.25, -0.2) is 4.68 Å². The average molecular weight is 323 g/mol. The van der Waals surface area contributed by atoms with Crippen molar-refractivity contribution >= 4 is 24.0 Å². The van der Waals surface area contributed by atoms with Gasteiger partial charge >= 0.3 is 0 Å². The molecule has 1 unspecified atom stereocenters. The second-order valence-electron chi connectivity index (χ2n) is 5.18.